The second-order valence-electron chi connectivity index (χ2n) is 8.27. The number of hydrogen-bond donors (Lipinski definition) is 3. The number of H-pyrrole nitrogens is 2. The van der Waals surface area contributed by atoms with Gasteiger partial charge in [0.15, 0.2) is 0 Å². The van der Waals surface area contributed by atoms with Crippen molar-refractivity contribution in [2.75, 3.05) is 23.4 Å². The zero-order valence-electron chi connectivity index (χ0n) is 19.8. The molecule has 0 fully saturated rings. The van der Waals surface area contributed by atoms with E-state index in [0.29, 0.717) is 11.3 Å². The minimum Gasteiger partial charge on any atom is -0.458 e. The van der Waals surface area contributed by atoms with Gasteiger partial charge in [0, 0.05) is 24.5 Å². The number of rotatable bonds is 8. The van der Waals surface area contributed by atoms with Crippen LogP contribution in [0, 0.1) is 0 Å². The number of aromatic amines is 2. The first-order valence-corrected chi connectivity index (χ1v) is 11.4. The van der Waals surface area contributed by atoms with Crippen LogP contribution >= 0.6 is 0 Å². The summed E-state index contributed by atoms with van der Waals surface area (Å²) >= 11 is 0. The third-order valence-corrected chi connectivity index (χ3v) is 6.02. The maximum absolute atomic E-state index is 13.0. The molecule has 0 radical (unpaired) electrons. The summed E-state index contributed by atoms with van der Waals surface area (Å²) in [6, 6.07) is 18.0. The summed E-state index contributed by atoms with van der Waals surface area (Å²) in [6.07, 6.45) is 1.48. The van der Waals surface area contributed by atoms with Gasteiger partial charge in [-0.3, -0.25) is 14.8 Å². The molecule has 0 aliphatic carbocycles. The number of carbonyl (C=O) groups is 1. The number of allylic oxidation sites excluding steroid dienone is 1. The SMILES string of the molecule is C=CCOC(=O)C1=C(C)Nc2[nH]c(=O)[nH]c(=O)c2[C@@H]1c1ccc(N(CC)Cc2ccccc2)cc1. The highest BCUT2D eigenvalue weighted by Gasteiger charge is 2.36. The number of carbonyl (C=O) groups excluding carboxylic acids is 1. The lowest BCUT2D eigenvalue weighted by atomic mass is 9.82. The van der Waals surface area contributed by atoms with Crippen LogP contribution < -0.4 is 21.5 Å². The summed E-state index contributed by atoms with van der Waals surface area (Å²) in [5.74, 6) is -1.01. The molecule has 1 aliphatic rings. The molecule has 1 atom stereocenters. The minimum atomic E-state index is -0.720. The van der Waals surface area contributed by atoms with E-state index in [4.69, 9.17) is 4.74 Å². The summed E-state index contributed by atoms with van der Waals surface area (Å²) < 4.78 is 5.33. The van der Waals surface area contributed by atoms with Gasteiger partial charge in [0.05, 0.1) is 17.1 Å². The molecular formula is C27H28N4O4. The first-order valence-electron chi connectivity index (χ1n) is 11.4. The fourth-order valence-electron chi connectivity index (χ4n) is 4.37. The fourth-order valence-corrected chi connectivity index (χ4v) is 4.37. The zero-order chi connectivity index (χ0) is 24.9. The normalized spacial score (nSPS) is 14.6. The second-order valence-corrected chi connectivity index (χ2v) is 8.27. The number of nitrogens with one attached hydrogen (secondary N) is 3. The average Bonchev–Trinajstić information content (AvgIpc) is 2.85. The molecule has 0 amide bonds. The highest BCUT2D eigenvalue weighted by Crippen LogP contribution is 2.39. The van der Waals surface area contributed by atoms with Crippen LogP contribution in [-0.4, -0.2) is 29.1 Å². The number of hydrogen-bond acceptors (Lipinski definition) is 6. The number of benzene rings is 2. The monoisotopic (exact) mass is 472 g/mol. The van der Waals surface area contributed by atoms with Crippen molar-refractivity contribution < 1.29 is 9.53 Å². The van der Waals surface area contributed by atoms with Crippen molar-refractivity contribution in [2.24, 2.45) is 0 Å². The van der Waals surface area contributed by atoms with E-state index in [-0.39, 0.29) is 18.0 Å². The smallest absolute Gasteiger partial charge is 0.337 e. The Morgan fingerprint density at radius 3 is 2.46 bits per heavy atom. The molecule has 4 rings (SSSR count). The molecule has 8 nitrogen and oxygen atoms in total. The van der Waals surface area contributed by atoms with Crippen molar-refractivity contribution in [2.45, 2.75) is 26.3 Å². The van der Waals surface area contributed by atoms with Gasteiger partial charge in [0.2, 0.25) is 0 Å². The standard InChI is InChI=1S/C27H28N4O4/c1-4-15-35-26(33)21-17(3)28-24-23(25(32)30-27(34)29-24)22(21)19-11-13-20(14-12-19)31(5-2)16-18-9-7-6-8-10-18/h4,6-14,22H,1,5,15-16H2,2-3H3,(H3,28,29,30,32,34)/t22-/m1/s1. The van der Waals surface area contributed by atoms with Crippen LogP contribution in [0.25, 0.3) is 0 Å². The van der Waals surface area contributed by atoms with Gasteiger partial charge in [0.1, 0.15) is 12.4 Å². The Morgan fingerprint density at radius 2 is 1.80 bits per heavy atom. The summed E-state index contributed by atoms with van der Waals surface area (Å²) in [6.45, 7) is 9.01. The number of esters is 1. The lowest BCUT2D eigenvalue weighted by molar-refractivity contribution is -0.138. The third kappa shape index (κ3) is 4.96. The molecule has 2 aromatic carbocycles. The maximum Gasteiger partial charge on any atom is 0.337 e. The van der Waals surface area contributed by atoms with Gasteiger partial charge < -0.3 is 15.0 Å². The molecule has 0 saturated heterocycles. The largest absolute Gasteiger partial charge is 0.458 e. The van der Waals surface area contributed by atoms with Crippen LogP contribution in [-0.2, 0) is 16.1 Å². The molecule has 3 N–H and O–H groups in total. The molecule has 0 unspecified atom stereocenters. The number of nitrogens with zero attached hydrogens (tertiary/aromatic N) is 1. The van der Waals surface area contributed by atoms with E-state index in [2.05, 4.69) is 45.8 Å². The van der Waals surface area contributed by atoms with Crippen LogP contribution in [0.3, 0.4) is 0 Å². The molecule has 8 heteroatoms. The van der Waals surface area contributed by atoms with Crippen molar-refractivity contribution in [3.05, 3.63) is 116 Å². The highest BCUT2D eigenvalue weighted by molar-refractivity contribution is 5.94. The van der Waals surface area contributed by atoms with E-state index < -0.39 is 23.1 Å². The van der Waals surface area contributed by atoms with Crippen LogP contribution in [0.1, 0.15) is 36.5 Å². The zero-order valence-corrected chi connectivity index (χ0v) is 19.8. The lowest BCUT2D eigenvalue weighted by Crippen LogP contribution is -2.35. The van der Waals surface area contributed by atoms with E-state index in [0.717, 1.165) is 24.3 Å². The topological polar surface area (TPSA) is 107 Å². The van der Waals surface area contributed by atoms with Crippen LogP contribution in [0.15, 0.2) is 88.1 Å². The van der Waals surface area contributed by atoms with Crippen molar-refractivity contribution >= 4 is 17.5 Å². The molecule has 2 heterocycles. The molecule has 0 bridgehead atoms. The van der Waals surface area contributed by atoms with Crippen LogP contribution in [0.2, 0.25) is 0 Å². The predicted octanol–water partition coefficient (Wildman–Crippen LogP) is 3.65. The average molecular weight is 473 g/mol. The van der Waals surface area contributed by atoms with E-state index in [1.165, 1.54) is 11.6 Å². The van der Waals surface area contributed by atoms with E-state index in [1.54, 1.807) is 6.92 Å². The molecule has 1 aliphatic heterocycles. The van der Waals surface area contributed by atoms with Gasteiger partial charge in [-0.25, -0.2) is 9.59 Å². The summed E-state index contributed by atoms with van der Waals surface area (Å²) in [7, 11) is 0. The number of anilines is 2. The quantitative estimate of drug-likeness (QED) is 0.341. The lowest BCUT2D eigenvalue weighted by Gasteiger charge is -2.29. The maximum atomic E-state index is 13.0. The summed E-state index contributed by atoms with van der Waals surface area (Å²) in [4.78, 5) is 44.9. The highest BCUT2D eigenvalue weighted by atomic mass is 16.5. The van der Waals surface area contributed by atoms with Crippen LogP contribution in [0.5, 0.6) is 0 Å². The Labute approximate surface area is 203 Å². The van der Waals surface area contributed by atoms with Crippen molar-refractivity contribution in [3.8, 4) is 0 Å². The summed E-state index contributed by atoms with van der Waals surface area (Å²) in [5, 5.41) is 2.98. The van der Waals surface area contributed by atoms with Gasteiger partial charge >= 0.3 is 11.7 Å². The first kappa shape index (κ1) is 23.8. The Kier molecular flexibility index (Phi) is 7.01. The number of ether oxygens (including phenoxy) is 1. The summed E-state index contributed by atoms with van der Waals surface area (Å²) in [5.41, 5.74) is 2.82. The van der Waals surface area contributed by atoms with Crippen LogP contribution in [0.4, 0.5) is 11.5 Å². The predicted molar refractivity (Wildman–Crippen MR) is 137 cm³/mol. The van der Waals surface area contributed by atoms with E-state index in [1.807, 2.05) is 42.5 Å². The third-order valence-electron chi connectivity index (χ3n) is 6.02. The molecule has 0 spiro atoms. The van der Waals surface area contributed by atoms with Gasteiger partial charge in [-0.2, -0.15) is 0 Å². The molecule has 0 saturated carbocycles. The Morgan fingerprint density at radius 1 is 1.09 bits per heavy atom. The number of aromatic nitrogens is 2. The van der Waals surface area contributed by atoms with E-state index in [9.17, 15) is 14.4 Å². The first-order chi connectivity index (χ1) is 16.9. The molecule has 35 heavy (non-hydrogen) atoms. The van der Waals surface area contributed by atoms with Gasteiger partial charge in [-0.15, -0.1) is 0 Å². The molecule has 1 aromatic heterocycles. The van der Waals surface area contributed by atoms with Crippen molar-refractivity contribution in [1.82, 2.24) is 9.97 Å². The minimum absolute atomic E-state index is 0.0427. The molecule has 3 aromatic rings. The van der Waals surface area contributed by atoms with Gasteiger partial charge in [0.25, 0.3) is 5.56 Å². The Hall–Kier alpha value is -4.33. The molecule has 180 valence electrons. The Balaban J connectivity index is 1.75. The van der Waals surface area contributed by atoms with Gasteiger partial charge in [-0.05, 0) is 37.1 Å². The Bertz CT molecular complexity index is 1370. The molecular weight excluding hydrogens is 444 g/mol. The second kappa shape index (κ2) is 10.3. The van der Waals surface area contributed by atoms with E-state index >= 15 is 0 Å². The van der Waals surface area contributed by atoms with Crippen molar-refractivity contribution in [3.63, 3.8) is 0 Å². The van der Waals surface area contributed by atoms with Gasteiger partial charge in [-0.1, -0.05) is 55.1 Å². The van der Waals surface area contributed by atoms with Crippen molar-refractivity contribution in [1.29, 1.82) is 0 Å². The fraction of sp³-hybridized carbons (Fsp3) is 0.222. The number of fused-ring (bicyclic) bond motifs is 1.